The Morgan fingerprint density at radius 2 is 1.67 bits per heavy atom. The summed E-state index contributed by atoms with van der Waals surface area (Å²) in [5.41, 5.74) is 3.32. The number of hydrogen-bond acceptors (Lipinski definition) is 3. The minimum atomic E-state index is -0.109. The van der Waals surface area contributed by atoms with Gasteiger partial charge >= 0.3 is 0 Å². The quantitative estimate of drug-likeness (QED) is 0.370. The first kappa shape index (κ1) is 17.6. The molecule has 0 aliphatic carbocycles. The van der Waals surface area contributed by atoms with Gasteiger partial charge in [-0.25, -0.2) is 0 Å². The van der Waals surface area contributed by atoms with Crippen LogP contribution in [0.15, 0.2) is 81.7 Å². The standard InChI is InChI=1S/C23H17BrO3/c1-26-18-12-6-15(7-13-18)14-20-19-4-2-3-5-21(19)27-23(20)22(25)16-8-10-17(24)11-9-16/h2-13H,14H2,1H3. The normalized spacial score (nSPS) is 10.9. The molecule has 3 nitrogen and oxygen atoms in total. The molecule has 0 aliphatic rings. The highest BCUT2D eigenvalue weighted by Crippen LogP contribution is 2.30. The third kappa shape index (κ3) is 3.53. The summed E-state index contributed by atoms with van der Waals surface area (Å²) in [5, 5.41) is 0.966. The number of methoxy groups -OCH3 is 1. The zero-order chi connectivity index (χ0) is 18.8. The molecule has 0 radical (unpaired) electrons. The smallest absolute Gasteiger partial charge is 0.228 e. The van der Waals surface area contributed by atoms with Gasteiger partial charge in [0.25, 0.3) is 0 Å². The van der Waals surface area contributed by atoms with Crippen molar-refractivity contribution in [1.82, 2.24) is 0 Å². The van der Waals surface area contributed by atoms with Gasteiger partial charge in [0, 0.05) is 27.4 Å². The maximum absolute atomic E-state index is 13.1. The molecule has 0 unspecified atom stereocenters. The van der Waals surface area contributed by atoms with Crippen LogP contribution in [0.4, 0.5) is 0 Å². The maximum atomic E-state index is 13.1. The van der Waals surface area contributed by atoms with Crippen LogP contribution >= 0.6 is 15.9 Å². The predicted molar refractivity (Wildman–Crippen MR) is 110 cm³/mol. The van der Waals surface area contributed by atoms with Crippen molar-refractivity contribution in [2.75, 3.05) is 7.11 Å². The van der Waals surface area contributed by atoms with E-state index in [1.54, 1.807) is 19.2 Å². The molecule has 0 saturated heterocycles. The van der Waals surface area contributed by atoms with E-state index in [0.717, 1.165) is 32.3 Å². The van der Waals surface area contributed by atoms with Gasteiger partial charge in [0.05, 0.1) is 7.11 Å². The molecule has 0 amide bonds. The van der Waals surface area contributed by atoms with Gasteiger partial charge in [-0.2, -0.15) is 0 Å². The number of carbonyl (C=O) groups is 1. The van der Waals surface area contributed by atoms with Crippen molar-refractivity contribution in [2.45, 2.75) is 6.42 Å². The molecule has 0 aliphatic heterocycles. The van der Waals surface area contributed by atoms with Crippen molar-refractivity contribution in [3.05, 3.63) is 99.7 Å². The second-order valence-electron chi connectivity index (χ2n) is 6.27. The van der Waals surface area contributed by atoms with Crippen molar-refractivity contribution in [2.24, 2.45) is 0 Å². The van der Waals surface area contributed by atoms with Crippen LogP contribution in [0, 0.1) is 0 Å². The lowest BCUT2D eigenvalue weighted by atomic mass is 9.98. The minimum absolute atomic E-state index is 0.109. The first-order valence-electron chi connectivity index (χ1n) is 8.59. The number of ether oxygens (including phenoxy) is 1. The van der Waals surface area contributed by atoms with Gasteiger partial charge in [-0.05, 0) is 48.0 Å². The van der Waals surface area contributed by atoms with Crippen LogP contribution in [0.2, 0.25) is 0 Å². The Morgan fingerprint density at radius 3 is 2.37 bits per heavy atom. The van der Waals surface area contributed by atoms with E-state index in [2.05, 4.69) is 15.9 Å². The van der Waals surface area contributed by atoms with Crippen LogP contribution in [-0.2, 0) is 6.42 Å². The van der Waals surface area contributed by atoms with Crippen LogP contribution in [0.5, 0.6) is 5.75 Å². The second-order valence-corrected chi connectivity index (χ2v) is 7.18. The number of halogens is 1. The Labute approximate surface area is 165 Å². The average Bonchev–Trinajstić information content (AvgIpc) is 3.07. The van der Waals surface area contributed by atoms with Gasteiger partial charge in [-0.1, -0.05) is 46.3 Å². The van der Waals surface area contributed by atoms with E-state index in [1.165, 1.54) is 0 Å². The summed E-state index contributed by atoms with van der Waals surface area (Å²) in [7, 11) is 1.65. The molecule has 0 fully saturated rings. The monoisotopic (exact) mass is 420 g/mol. The van der Waals surface area contributed by atoms with E-state index in [4.69, 9.17) is 9.15 Å². The number of carbonyl (C=O) groups excluding carboxylic acids is 1. The minimum Gasteiger partial charge on any atom is -0.497 e. The summed E-state index contributed by atoms with van der Waals surface area (Å²) in [6.45, 7) is 0. The van der Waals surface area contributed by atoms with Crippen LogP contribution in [0.3, 0.4) is 0 Å². The van der Waals surface area contributed by atoms with E-state index >= 15 is 0 Å². The number of fused-ring (bicyclic) bond motifs is 1. The second kappa shape index (κ2) is 7.41. The Balaban J connectivity index is 1.78. The van der Waals surface area contributed by atoms with Crippen LogP contribution < -0.4 is 4.74 Å². The molecule has 1 heterocycles. The highest BCUT2D eigenvalue weighted by Gasteiger charge is 2.22. The Morgan fingerprint density at radius 1 is 0.963 bits per heavy atom. The topological polar surface area (TPSA) is 39.4 Å². The Hall–Kier alpha value is -2.85. The first-order valence-corrected chi connectivity index (χ1v) is 9.38. The van der Waals surface area contributed by atoms with Gasteiger partial charge in [-0.15, -0.1) is 0 Å². The molecule has 0 N–H and O–H groups in total. The fraction of sp³-hybridized carbons (Fsp3) is 0.0870. The van der Waals surface area contributed by atoms with Gasteiger partial charge in [0.2, 0.25) is 5.78 Å². The molecular weight excluding hydrogens is 404 g/mol. The van der Waals surface area contributed by atoms with Gasteiger partial charge < -0.3 is 9.15 Å². The third-order valence-corrected chi connectivity index (χ3v) is 5.08. The van der Waals surface area contributed by atoms with Crippen molar-refractivity contribution in [3.8, 4) is 5.75 Å². The van der Waals surface area contributed by atoms with Crippen molar-refractivity contribution < 1.29 is 13.9 Å². The van der Waals surface area contributed by atoms with Crippen molar-refractivity contribution in [3.63, 3.8) is 0 Å². The summed E-state index contributed by atoms with van der Waals surface area (Å²) in [5.74, 6) is 1.10. The van der Waals surface area contributed by atoms with Gasteiger partial charge in [-0.3, -0.25) is 4.79 Å². The Bertz CT molecular complexity index is 1090. The molecule has 0 bridgehead atoms. The lowest BCUT2D eigenvalue weighted by molar-refractivity contribution is 0.101. The molecule has 134 valence electrons. The van der Waals surface area contributed by atoms with Gasteiger partial charge in [0.1, 0.15) is 11.3 Å². The molecule has 4 heteroatoms. The first-order chi connectivity index (χ1) is 13.2. The van der Waals surface area contributed by atoms with E-state index in [0.29, 0.717) is 17.7 Å². The predicted octanol–water partition coefficient (Wildman–Crippen LogP) is 6.03. The summed E-state index contributed by atoms with van der Waals surface area (Å²) >= 11 is 3.40. The van der Waals surface area contributed by atoms with E-state index < -0.39 is 0 Å². The lowest BCUT2D eigenvalue weighted by Crippen LogP contribution is -2.03. The third-order valence-electron chi connectivity index (χ3n) is 4.55. The summed E-state index contributed by atoms with van der Waals surface area (Å²) in [6.07, 6.45) is 0.610. The molecule has 27 heavy (non-hydrogen) atoms. The zero-order valence-electron chi connectivity index (χ0n) is 14.7. The fourth-order valence-electron chi connectivity index (χ4n) is 3.14. The summed E-state index contributed by atoms with van der Waals surface area (Å²) in [4.78, 5) is 13.1. The molecular formula is C23H17BrO3. The number of benzene rings is 3. The number of hydrogen-bond donors (Lipinski definition) is 0. The van der Waals surface area contributed by atoms with Crippen LogP contribution in [-0.4, -0.2) is 12.9 Å². The van der Waals surface area contributed by atoms with Crippen molar-refractivity contribution >= 4 is 32.7 Å². The van der Waals surface area contributed by atoms with E-state index in [1.807, 2.05) is 60.7 Å². The highest BCUT2D eigenvalue weighted by molar-refractivity contribution is 9.10. The molecule has 4 aromatic rings. The summed E-state index contributed by atoms with van der Waals surface area (Å²) < 4.78 is 12.1. The average molecular weight is 421 g/mol. The van der Waals surface area contributed by atoms with Crippen LogP contribution in [0.25, 0.3) is 11.0 Å². The molecule has 4 rings (SSSR count). The molecule has 3 aromatic carbocycles. The van der Waals surface area contributed by atoms with E-state index in [-0.39, 0.29) is 5.78 Å². The molecule has 0 spiro atoms. The van der Waals surface area contributed by atoms with Crippen molar-refractivity contribution in [1.29, 1.82) is 0 Å². The maximum Gasteiger partial charge on any atom is 0.228 e. The molecule has 1 aromatic heterocycles. The zero-order valence-corrected chi connectivity index (χ0v) is 16.3. The largest absolute Gasteiger partial charge is 0.497 e. The molecule has 0 atom stereocenters. The SMILES string of the molecule is COc1ccc(Cc2c(C(=O)c3ccc(Br)cc3)oc3ccccc23)cc1. The number of para-hydroxylation sites is 1. The fourth-order valence-corrected chi connectivity index (χ4v) is 3.40. The number of rotatable bonds is 5. The highest BCUT2D eigenvalue weighted by atomic mass is 79.9. The number of ketones is 1. The Kier molecular flexibility index (Phi) is 4.82. The van der Waals surface area contributed by atoms with Crippen LogP contribution in [0.1, 0.15) is 27.2 Å². The van der Waals surface area contributed by atoms with Gasteiger partial charge in [0.15, 0.2) is 5.76 Å². The van der Waals surface area contributed by atoms with E-state index in [9.17, 15) is 4.79 Å². The number of furan rings is 1. The summed E-state index contributed by atoms with van der Waals surface area (Å²) in [6, 6.07) is 23.0. The lowest BCUT2D eigenvalue weighted by Gasteiger charge is -2.05. The molecule has 0 saturated carbocycles.